The molecule has 3 aromatic rings. The summed E-state index contributed by atoms with van der Waals surface area (Å²) in [6.45, 7) is 0. The lowest BCUT2D eigenvalue weighted by molar-refractivity contribution is -0.167. The molecule has 1 aromatic heterocycles. The number of hydrogen-bond donors (Lipinski definition) is 3. The first-order chi connectivity index (χ1) is 18.0. The van der Waals surface area contributed by atoms with Crippen LogP contribution >= 0.6 is 11.3 Å². The Hall–Kier alpha value is -3.40. The highest BCUT2D eigenvalue weighted by Crippen LogP contribution is 2.66. The average Bonchev–Trinajstić information content (AvgIpc) is 3.35. The van der Waals surface area contributed by atoms with Crippen LogP contribution in [-0.4, -0.2) is 22.1 Å². The molecule has 10 heteroatoms. The number of thiazole rings is 1. The highest BCUT2D eigenvalue weighted by atomic mass is 32.1. The van der Waals surface area contributed by atoms with Gasteiger partial charge >= 0.3 is 18.2 Å². The molecular formula is C28H26F3N3O3S. The van der Waals surface area contributed by atoms with Crippen LogP contribution < -0.4 is 10.6 Å². The topological polar surface area (TPSA) is 91.3 Å². The Bertz CT molecular complexity index is 1390. The second kappa shape index (κ2) is 8.83. The van der Waals surface area contributed by atoms with Crippen LogP contribution in [0.4, 0.5) is 29.3 Å². The second-order valence-electron chi connectivity index (χ2n) is 11.1. The van der Waals surface area contributed by atoms with E-state index in [0.29, 0.717) is 23.9 Å². The molecule has 2 unspecified atom stereocenters. The molecule has 2 atom stereocenters. The molecule has 0 aliphatic heterocycles. The van der Waals surface area contributed by atoms with Gasteiger partial charge in [0.2, 0.25) is 0 Å². The third-order valence-electron chi connectivity index (χ3n) is 8.35. The van der Waals surface area contributed by atoms with Gasteiger partial charge in [0.1, 0.15) is 0 Å². The molecule has 2 aromatic carbocycles. The Labute approximate surface area is 221 Å². The molecule has 2 amide bonds. The van der Waals surface area contributed by atoms with Crippen LogP contribution in [0.5, 0.6) is 0 Å². The quantitative estimate of drug-likeness (QED) is 0.314. The number of amides is 2. The van der Waals surface area contributed by atoms with Crippen LogP contribution in [0.25, 0.3) is 10.4 Å². The number of aromatic nitrogens is 1. The standard InChI is InChI=1S/C28H26F3N3O3S/c29-28(30,31)19-2-1-3-21(9-19)34-25(37)33-20-6-4-18(5-7-20)22-14-32-23(38-22)26-10-16-8-17(11-26)13-27(12-16,15-26)24(35)36/h1-7,9,14,16-17H,8,10-13,15H2,(H,35,36)(H2,33,34,37). The zero-order valence-corrected chi connectivity index (χ0v) is 21.2. The summed E-state index contributed by atoms with van der Waals surface area (Å²) in [6, 6.07) is 11.0. The maximum atomic E-state index is 12.9. The Morgan fingerprint density at radius 1 is 0.974 bits per heavy atom. The number of carbonyl (C=O) groups is 2. The van der Waals surface area contributed by atoms with E-state index in [9.17, 15) is 27.9 Å². The van der Waals surface area contributed by atoms with Crippen LogP contribution in [0.1, 0.15) is 49.1 Å². The van der Waals surface area contributed by atoms with E-state index >= 15 is 0 Å². The van der Waals surface area contributed by atoms with Crippen molar-refractivity contribution in [1.82, 2.24) is 4.98 Å². The van der Waals surface area contributed by atoms with Crippen LogP contribution in [0.3, 0.4) is 0 Å². The number of benzene rings is 2. The van der Waals surface area contributed by atoms with Crippen molar-refractivity contribution in [3.8, 4) is 10.4 Å². The largest absolute Gasteiger partial charge is 0.481 e. The number of nitrogens with one attached hydrogen (secondary N) is 2. The van der Waals surface area contributed by atoms with Gasteiger partial charge in [0.25, 0.3) is 0 Å². The zero-order chi connectivity index (χ0) is 26.7. The normalized spacial score (nSPS) is 27.8. The van der Waals surface area contributed by atoms with Gasteiger partial charge in [-0.05, 0) is 86.3 Å². The lowest BCUT2D eigenvalue weighted by Gasteiger charge is -2.59. The van der Waals surface area contributed by atoms with Crippen molar-refractivity contribution in [2.75, 3.05) is 10.6 Å². The molecule has 0 radical (unpaired) electrons. The van der Waals surface area contributed by atoms with E-state index in [-0.39, 0.29) is 11.1 Å². The van der Waals surface area contributed by atoms with Gasteiger partial charge in [0.05, 0.1) is 20.9 Å². The SMILES string of the molecule is O=C(Nc1ccc(-c2cnc(C34CC5CC(CC(C(=O)O)(C5)C3)C4)s2)cc1)Nc1cccc(C(F)(F)F)c1. The lowest BCUT2D eigenvalue weighted by Crippen LogP contribution is -2.56. The summed E-state index contributed by atoms with van der Waals surface area (Å²) in [4.78, 5) is 30.3. The van der Waals surface area contributed by atoms with E-state index in [1.807, 2.05) is 18.3 Å². The van der Waals surface area contributed by atoms with Gasteiger partial charge in [-0.15, -0.1) is 11.3 Å². The molecule has 0 spiro atoms. The molecule has 4 aliphatic carbocycles. The maximum Gasteiger partial charge on any atom is 0.416 e. The van der Waals surface area contributed by atoms with Gasteiger partial charge in [0, 0.05) is 23.0 Å². The molecule has 4 saturated carbocycles. The van der Waals surface area contributed by atoms with Gasteiger partial charge in [-0.2, -0.15) is 13.2 Å². The van der Waals surface area contributed by atoms with E-state index in [4.69, 9.17) is 4.98 Å². The second-order valence-corrected chi connectivity index (χ2v) is 12.1. The third-order valence-corrected chi connectivity index (χ3v) is 9.64. The van der Waals surface area contributed by atoms with E-state index in [1.54, 1.807) is 23.5 Å². The van der Waals surface area contributed by atoms with Crippen molar-refractivity contribution < 1.29 is 27.9 Å². The summed E-state index contributed by atoms with van der Waals surface area (Å²) < 4.78 is 38.7. The smallest absolute Gasteiger partial charge is 0.416 e. The molecule has 4 aliphatic rings. The van der Waals surface area contributed by atoms with Gasteiger partial charge < -0.3 is 15.7 Å². The summed E-state index contributed by atoms with van der Waals surface area (Å²) in [5, 5.41) is 16.1. The number of carboxylic acids is 1. The molecule has 0 saturated heterocycles. The fraction of sp³-hybridized carbons (Fsp3) is 0.393. The first kappa shape index (κ1) is 24.9. The third kappa shape index (κ3) is 4.44. The number of halogens is 3. The molecule has 38 heavy (non-hydrogen) atoms. The molecule has 6 nitrogen and oxygen atoms in total. The summed E-state index contributed by atoms with van der Waals surface area (Å²) >= 11 is 1.61. The fourth-order valence-corrected chi connectivity index (χ4v) is 8.33. The molecule has 4 fully saturated rings. The predicted octanol–water partition coefficient (Wildman–Crippen LogP) is 7.40. The number of carbonyl (C=O) groups excluding carboxylic acids is 1. The minimum Gasteiger partial charge on any atom is -0.481 e. The maximum absolute atomic E-state index is 12.9. The number of aliphatic carboxylic acids is 1. The van der Waals surface area contributed by atoms with E-state index in [2.05, 4.69) is 10.6 Å². The van der Waals surface area contributed by atoms with Crippen molar-refractivity contribution in [2.24, 2.45) is 17.3 Å². The van der Waals surface area contributed by atoms with Gasteiger partial charge in [-0.1, -0.05) is 18.2 Å². The molecular weight excluding hydrogens is 515 g/mol. The summed E-state index contributed by atoms with van der Waals surface area (Å²) in [7, 11) is 0. The highest BCUT2D eigenvalue weighted by Gasteiger charge is 2.62. The molecule has 3 N–H and O–H groups in total. The van der Waals surface area contributed by atoms with Crippen LogP contribution in [-0.2, 0) is 16.4 Å². The molecule has 7 rings (SSSR count). The minimum absolute atomic E-state index is 0.0421. The predicted molar refractivity (Wildman–Crippen MR) is 138 cm³/mol. The number of rotatable bonds is 5. The number of urea groups is 1. The Morgan fingerprint density at radius 3 is 2.32 bits per heavy atom. The molecule has 198 valence electrons. The van der Waals surface area contributed by atoms with Crippen LogP contribution in [0.2, 0.25) is 0 Å². The van der Waals surface area contributed by atoms with Gasteiger partial charge in [0.15, 0.2) is 0 Å². The minimum atomic E-state index is -4.49. The van der Waals surface area contributed by atoms with E-state index in [0.717, 1.165) is 59.7 Å². The number of nitrogens with zero attached hydrogens (tertiary/aromatic N) is 1. The van der Waals surface area contributed by atoms with Gasteiger partial charge in [-0.3, -0.25) is 4.79 Å². The van der Waals surface area contributed by atoms with E-state index < -0.39 is 29.2 Å². The van der Waals surface area contributed by atoms with Crippen LogP contribution in [0, 0.1) is 17.3 Å². The lowest BCUT2D eigenvalue weighted by atomic mass is 9.44. The van der Waals surface area contributed by atoms with Crippen molar-refractivity contribution in [3.63, 3.8) is 0 Å². The average molecular weight is 542 g/mol. The number of alkyl halides is 3. The first-order valence-corrected chi connectivity index (χ1v) is 13.4. The summed E-state index contributed by atoms with van der Waals surface area (Å²) in [6.07, 6.45) is 2.74. The highest BCUT2D eigenvalue weighted by molar-refractivity contribution is 7.15. The number of hydrogen-bond acceptors (Lipinski definition) is 4. The zero-order valence-electron chi connectivity index (χ0n) is 20.3. The first-order valence-electron chi connectivity index (χ1n) is 12.6. The number of anilines is 2. The Kier molecular flexibility index (Phi) is 5.79. The van der Waals surface area contributed by atoms with Gasteiger partial charge in [-0.25, -0.2) is 9.78 Å². The van der Waals surface area contributed by atoms with Crippen LogP contribution in [0.15, 0.2) is 54.7 Å². The van der Waals surface area contributed by atoms with E-state index in [1.165, 1.54) is 12.1 Å². The fourth-order valence-electron chi connectivity index (χ4n) is 7.20. The van der Waals surface area contributed by atoms with Crippen molar-refractivity contribution in [3.05, 3.63) is 65.3 Å². The summed E-state index contributed by atoms with van der Waals surface area (Å²) in [5.74, 6) is 0.243. The van der Waals surface area contributed by atoms with Crippen molar-refractivity contribution >= 4 is 34.7 Å². The van der Waals surface area contributed by atoms with Crippen molar-refractivity contribution in [2.45, 2.75) is 50.1 Å². The number of carboxylic acid groups (broad SMARTS) is 1. The Morgan fingerprint density at radius 2 is 1.66 bits per heavy atom. The van der Waals surface area contributed by atoms with Crippen molar-refractivity contribution in [1.29, 1.82) is 0 Å². The Balaban J connectivity index is 1.14. The summed E-state index contributed by atoms with van der Waals surface area (Å²) in [5.41, 5.74) is -0.148. The molecule has 1 heterocycles. The molecule has 4 bridgehead atoms. The monoisotopic (exact) mass is 541 g/mol.